The van der Waals surface area contributed by atoms with Crippen LogP contribution in [0.5, 0.6) is 0 Å². The lowest BCUT2D eigenvalue weighted by atomic mass is 10.3. The molecule has 78 valence electrons. The van der Waals surface area contributed by atoms with Crippen LogP contribution in [0, 0.1) is 0 Å². The summed E-state index contributed by atoms with van der Waals surface area (Å²) in [4.78, 5) is 4.13. The molecule has 0 bridgehead atoms. The zero-order valence-corrected chi connectivity index (χ0v) is 8.86. The Bertz CT molecular complexity index is 170. The van der Waals surface area contributed by atoms with E-state index in [-0.39, 0.29) is 11.9 Å². The van der Waals surface area contributed by atoms with Crippen molar-refractivity contribution in [3.63, 3.8) is 0 Å². The van der Waals surface area contributed by atoms with Gasteiger partial charge in [-0.2, -0.15) is 0 Å². The Balaban J connectivity index is 3.89. The molecule has 0 aliphatic carbocycles. The van der Waals surface area contributed by atoms with Gasteiger partial charge < -0.3 is 15.8 Å². The fourth-order valence-corrected chi connectivity index (χ4v) is 0.861. The van der Waals surface area contributed by atoms with Gasteiger partial charge in [0.2, 0.25) is 0 Å². The zero-order chi connectivity index (χ0) is 10.4. The van der Waals surface area contributed by atoms with E-state index < -0.39 is 0 Å². The number of hydrogen-bond acceptors (Lipinski definition) is 4. The quantitative estimate of drug-likeness (QED) is 0.267. The normalized spacial score (nSPS) is 15.4. The Hall–Kier alpha value is -0.810. The van der Waals surface area contributed by atoms with Crippen LogP contribution in [0.15, 0.2) is 5.16 Å². The zero-order valence-electron chi connectivity index (χ0n) is 8.86. The van der Waals surface area contributed by atoms with Crippen LogP contribution in [0.2, 0.25) is 0 Å². The Kier molecular flexibility index (Phi) is 5.41. The molecule has 0 aromatic rings. The van der Waals surface area contributed by atoms with Crippen molar-refractivity contribution in [2.45, 2.75) is 13.0 Å². The largest absolute Gasteiger partial charge is 0.409 e. The molecule has 0 amide bonds. The average Bonchev–Trinajstić information content (AvgIpc) is 2.11. The molecule has 0 aliphatic rings. The highest BCUT2D eigenvalue weighted by Crippen LogP contribution is 1.95. The third kappa shape index (κ3) is 4.69. The number of rotatable bonds is 5. The van der Waals surface area contributed by atoms with Gasteiger partial charge in [-0.1, -0.05) is 5.16 Å². The van der Waals surface area contributed by atoms with Crippen molar-refractivity contribution in [3.05, 3.63) is 0 Å². The van der Waals surface area contributed by atoms with Gasteiger partial charge in [-0.05, 0) is 28.1 Å². The van der Waals surface area contributed by atoms with Crippen molar-refractivity contribution in [2.24, 2.45) is 10.9 Å². The minimum atomic E-state index is -0.0232. The monoisotopic (exact) mass is 188 g/mol. The minimum Gasteiger partial charge on any atom is -0.409 e. The summed E-state index contributed by atoms with van der Waals surface area (Å²) in [6.07, 6.45) is 0. The van der Waals surface area contributed by atoms with Crippen molar-refractivity contribution in [1.29, 1.82) is 0 Å². The van der Waals surface area contributed by atoms with E-state index in [1.165, 1.54) is 0 Å². The Morgan fingerprint density at radius 1 is 1.38 bits per heavy atom. The van der Waals surface area contributed by atoms with Gasteiger partial charge in [0.1, 0.15) is 0 Å². The van der Waals surface area contributed by atoms with Gasteiger partial charge in [-0.3, -0.25) is 4.90 Å². The first-order valence-corrected chi connectivity index (χ1v) is 4.31. The van der Waals surface area contributed by atoms with Gasteiger partial charge in [0, 0.05) is 13.1 Å². The smallest absolute Gasteiger partial charge is 0.156 e. The molecule has 0 rings (SSSR count). The molecule has 0 heterocycles. The Labute approximate surface area is 79.8 Å². The third-order valence-electron chi connectivity index (χ3n) is 2.10. The summed E-state index contributed by atoms with van der Waals surface area (Å²) in [6, 6.07) is -0.0232. The lowest BCUT2D eigenvalue weighted by Crippen LogP contribution is -2.43. The van der Waals surface area contributed by atoms with Gasteiger partial charge in [-0.15, -0.1) is 0 Å². The Morgan fingerprint density at radius 3 is 2.31 bits per heavy atom. The van der Waals surface area contributed by atoms with E-state index in [0.717, 1.165) is 13.1 Å². The second kappa shape index (κ2) is 5.77. The van der Waals surface area contributed by atoms with E-state index in [4.69, 9.17) is 10.9 Å². The van der Waals surface area contributed by atoms with Crippen LogP contribution in [0.25, 0.3) is 0 Å². The number of nitrogens with two attached hydrogens (primary N) is 1. The van der Waals surface area contributed by atoms with Gasteiger partial charge in [0.25, 0.3) is 0 Å². The fourth-order valence-electron chi connectivity index (χ4n) is 0.861. The van der Waals surface area contributed by atoms with Crippen molar-refractivity contribution in [1.82, 2.24) is 9.80 Å². The lowest BCUT2D eigenvalue weighted by Gasteiger charge is -2.24. The summed E-state index contributed by atoms with van der Waals surface area (Å²) in [7, 11) is 5.98. The van der Waals surface area contributed by atoms with Crippen LogP contribution in [0.1, 0.15) is 6.92 Å². The lowest BCUT2D eigenvalue weighted by molar-refractivity contribution is 0.256. The van der Waals surface area contributed by atoms with Crippen LogP contribution >= 0.6 is 0 Å². The average molecular weight is 188 g/mol. The molecule has 5 heteroatoms. The second-order valence-electron chi connectivity index (χ2n) is 3.48. The van der Waals surface area contributed by atoms with Gasteiger partial charge in [0.05, 0.1) is 6.04 Å². The molecule has 0 fully saturated rings. The molecule has 1 atom stereocenters. The fraction of sp³-hybridized carbons (Fsp3) is 0.875. The SMILES string of the molecule is CC(C(N)=NO)N(C)CCN(C)C. The summed E-state index contributed by atoms with van der Waals surface area (Å²) in [5.74, 6) is 0.251. The van der Waals surface area contributed by atoms with Crippen LogP contribution in [0.4, 0.5) is 0 Å². The van der Waals surface area contributed by atoms with E-state index >= 15 is 0 Å². The summed E-state index contributed by atoms with van der Waals surface area (Å²) in [5.41, 5.74) is 5.47. The maximum absolute atomic E-state index is 8.46. The molecule has 0 aromatic carbocycles. The maximum atomic E-state index is 8.46. The van der Waals surface area contributed by atoms with Crippen LogP contribution in [0.3, 0.4) is 0 Å². The van der Waals surface area contributed by atoms with Crippen molar-refractivity contribution in [3.8, 4) is 0 Å². The molecule has 13 heavy (non-hydrogen) atoms. The van der Waals surface area contributed by atoms with Crippen LogP contribution in [-0.2, 0) is 0 Å². The molecule has 0 aromatic heterocycles. The highest BCUT2D eigenvalue weighted by atomic mass is 16.4. The molecule has 0 aliphatic heterocycles. The predicted molar refractivity (Wildman–Crippen MR) is 54.1 cm³/mol. The van der Waals surface area contributed by atoms with E-state index in [0.29, 0.717) is 0 Å². The number of nitrogens with zero attached hydrogens (tertiary/aromatic N) is 3. The maximum Gasteiger partial charge on any atom is 0.156 e. The second-order valence-corrected chi connectivity index (χ2v) is 3.48. The number of likely N-dealkylation sites (N-methyl/N-ethyl adjacent to an activating group) is 2. The highest BCUT2D eigenvalue weighted by molar-refractivity contribution is 5.84. The molecule has 0 spiro atoms. The molecular weight excluding hydrogens is 168 g/mol. The first-order chi connectivity index (χ1) is 5.99. The Morgan fingerprint density at radius 2 is 1.92 bits per heavy atom. The van der Waals surface area contributed by atoms with E-state index in [9.17, 15) is 0 Å². The first-order valence-electron chi connectivity index (χ1n) is 4.31. The molecule has 0 saturated heterocycles. The van der Waals surface area contributed by atoms with E-state index in [1.807, 2.05) is 33.0 Å². The molecule has 5 nitrogen and oxygen atoms in total. The summed E-state index contributed by atoms with van der Waals surface area (Å²) in [5, 5.41) is 11.4. The third-order valence-corrected chi connectivity index (χ3v) is 2.10. The molecule has 3 N–H and O–H groups in total. The van der Waals surface area contributed by atoms with Crippen molar-refractivity contribution < 1.29 is 5.21 Å². The molecule has 0 radical (unpaired) electrons. The standard InChI is InChI=1S/C8H20N4O/c1-7(8(9)10-13)12(4)6-5-11(2)3/h7,13H,5-6H2,1-4H3,(H2,9,10). The van der Waals surface area contributed by atoms with Gasteiger partial charge in [0.15, 0.2) is 5.84 Å². The molecule has 0 saturated carbocycles. The predicted octanol–water partition coefficient (Wildman–Crippen LogP) is -0.385. The number of hydrogen-bond donors (Lipinski definition) is 2. The van der Waals surface area contributed by atoms with Gasteiger partial charge in [-0.25, -0.2) is 0 Å². The van der Waals surface area contributed by atoms with Crippen LogP contribution in [-0.4, -0.2) is 61.1 Å². The van der Waals surface area contributed by atoms with Gasteiger partial charge >= 0.3 is 0 Å². The van der Waals surface area contributed by atoms with E-state index in [2.05, 4.69) is 10.1 Å². The minimum absolute atomic E-state index is 0.0232. The summed E-state index contributed by atoms with van der Waals surface area (Å²) >= 11 is 0. The highest BCUT2D eigenvalue weighted by Gasteiger charge is 2.12. The molecular formula is C8H20N4O. The molecule has 1 unspecified atom stereocenters. The van der Waals surface area contributed by atoms with Crippen LogP contribution < -0.4 is 5.73 Å². The first kappa shape index (κ1) is 12.2. The summed E-state index contributed by atoms with van der Waals surface area (Å²) in [6.45, 7) is 3.76. The number of oxime groups is 1. The number of amidine groups is 1. The topological polar surface area (TPSA) is 65.1 Å². The van der Waals surface area contributed by atoms with Crippen molar-refractivity contribution in [2.75, 3.05) is 34.2 Å². The van der Waals surface area contributed by atoms with E-state index in [1.54, 1.807) is 0 Å². The summed E-state index contributed by atoms with van der Waals surface area (Å²) < 4.78 is 0. The van der Waals surface area contributed by atoms with Crippen molar-refractivity contribution >= 4 is 5.84 Å².